The van der Waals surface area contributed by atoms with Crippen molar-refractivity contribution in [3.63, 3.8) is 0 Å². The summed E-state index contributed by atoms with van der Waals surface area (Å²) in [4.78, 5) is 15.6. The van der Waals surface area contributed by atoms with E-state index in [0.29, 0.717) is 0 Å². The maximum atomic E-state index is 11.7. The average molecular weight is 270 g/mol. The summed E-state index contributed by atoms with van der Waals surface area (Å²) in [7, 11) is 3.31. The molecule has 5 heteroatoms. The molecule has 2 aliphatic rings. The van der Waals surface area contributed by atoms with Crippen molar-refractivity contribution in [3.8, 4) is 10.6 Å². The van der Waals surface area contributed by atoms with Crippen LogP contribution < -0.4 is 10.9 Å². The minimum Gasteiger partial charge on any atom is -0.379 e. The molecule has 2 heterocycles. The maximum absolute atomic E-state index is 11.7. The van der Waals surface area contributed by atoms with Gasteiger partial charge in [-0.15, -0.1) is 0 Å². The van der Waals surface area contributed by atoms with Gasteiger partial charge in [-0.25, -0.2) is 0 Å². The molecule has 0 saturated heterocycles. The number of fused-ring (bicyclic) bond motifs is 1. The fraction of sp³-hybridized carbons (Fsp3) is 0.583. The molecule has 17 heavy (non-hydrogen) atoms. The van der Waals surface area contributed by atoms with Gasteiger partial charge in [0.05, 0.1) is 10.6 Å². The van der Waals surface area contributed by atoms with Gasteiger partial charge in [-0.1, -0.05) is 47.4 Å². The van der Waals surface area contributed by atoms with E-state index in [4.69, 9.17) is 0 Å². The Morgan fingerprint density at radius 3 is 3.00 bits per heavy atom. The Balaban J connectivity index is 1.85. The van der Waals surface area contributed by atoms with Gasteiger partial charge in [-0.2, -0.15) is 0 Å². The Labute approximate surface area is 109 Å². The van der Waals surface area contributed by atoms with Crippen molar-refractivity contribution in [1.82, 2.24) is 4.98 Å². The molecule has 0 unspecified atom stereocenters. The summed E-state index contributed by atoms with van der Waals surface area (Å²) in [5, 5.41) is 5.26. The number of hydrogen-bond donors (Lipinski definition) is 2. The van der Waals surface area contributed by atoms with Crippen LogP contribution in [0.1, 0.15) is 33.1 Å². The molecule has 0 amide bonds. The number of aromatic nitrogens is 1. The topological polar surface area (TPSA) is 44.9 Å². The Kier molecular flexibility index (Phi) is 4.23. The van der Waals surface area contributed by atoms with Crippen LogP contribution in [0.25, 0.3) is 10.6 Å². The highest BCUT2D eigenvalue weighted by molar-refractivity contribution is 7.70. The van der Waals surface area contributed by atoms with E-state index < -0.39 is 0 Å². The summed E-state index contributed by atoms with van der Waals surface area (Å²) in [5.74, 6) is 0.767. The third-order valence-corrected chi connectivity index (χ3v) is 4.85. The first-order valence-electron chi connectivity index (χ1n) is 6.02. The van der Waals surface area contributed by atoms with Crippen LogP contribution >= 0.6 is 20.7 Å². The third-order valence-electron chi connectivity index (χ3n) is 2.75. The smallest absolute Gasteiger partial charge is 0.273 e. The molecule has 3 nitrogen and oxygen atoms in total. The lowest BCUT2D eigenvalue weighted by Crippen LogP contribution is -2.10. The first-order chi connectivity index (χ1) is 8.18. The number of anilines is 1. The Hall–Kier alpha value is -0.810. The van der Waals surface area contributed by atoms with Crippen LogP contribution in [0.5, 0.6) is 0 Å². The standard InChI is InChI=1S/C12H18N2OS2/c1-8(2)5-3-4-6-13-10-11-9(7-16-17-11)14-12(10)15/h7-8,13H,3-6H2,1-2H3,(H,14,15). The fourth-order valence-electron chi connectivity index (χ4n) is 1.82. The van der Waals surface area contributed by atoms with Crippen molar-refractivity contribution in [1.29, 1.82) is 0 Å². The number of nitrogens with one attached hydrogen (secondary N) is 2. The molecule has 0 aromatic heterocycles. The molecule has 2 N–H and O–H groups in total. The first-order valence-corrected chi connectivity index (χ1v) is 8.23. The highest BCUT2D eigenvalue weighted by atomic mass is 32.9. The van der Waals surface area contributed by atoms with Gasteiger partial charge in [0.1, 0.15) is 5.69 Å². The van der Waals surface area contributed by atoms with Crippen LogP contribution in [0.15, 0.2) is 10.2 Å². The van der Waals surface area contributed by atoms with Gasteiger partial charge >= 0.3 is 0 Å². The van der Waals surface area contributed by atoms with Crippen LogP contribution in [-0.4, -0.2) is 11.5 Å². The molecule has 0 bridgehead atoms. The van der Waals surface area contributed by atoms with Crippen LogP contribution in [0.4, 0.5) is 5.69 Å². The van der Waals surface area contributed by atoms with Crippen LogP contribution in [0.3, 0.4) is 0 Å². The van der Waals surface area contributed by atoms with E-state index >= 15 is 0 Å². The van der Waals surface area contributed by atoms with Crippen molar-refractivity contribution in [2.24, 2.45) is 5.92 Å². The van der Waals surface area contributed by atoms with E-state index in [1.165, 1.54) is 12.8 Å². The summed E-state index contributed by atoms with van der Waals surface area (Å²) in [5.41, 5.74) is 1.74. The zero-order valence-electron chi connectivity index (χ0n) is 10.2. The molecule has 0 spiro atoms. The zero-order valence-corrected chi connectivity index (χ0v) is 11.8. The van der Waals surface area contributed by atoms with Gasteiger partial charge in [0, 0.05) is 11.9 Å². The molecule has 0 fully saturated rings. The second-order valence-electron chi connectivity index (χ2n) is 4.69. The molecule has 94 valence electrons. The second-order valence-corrected chi connectivity index (χ2v) is 6.77. The molecule has 0 aliphatic carbocycles. The second kappa shape index (κ2) is 5.69. The molecule has 0 saturated carbocycles. The largest absolute Gasteiger partial charge is 0.379 e. The molecule has 0 aromatic rings. The number of H-pyrrole nitrogens is 1. The minimum atomic E-state index is 0.0166. The lowest BCUT2D eigenvalue weighted by molar-refractivity contribution is 0.545. The van der Waals surface area contributed by atoms with Gasteiger partial charge in [-0.3, -0.25) is 4.79 Å². The highest BCUT2D eigenvalue weighted by Gasteiger charge is 2.16. The lowest BCUT2D eigenvalue weighted by atomic mass is 10.1. The van der Waals surface area contributed by atoms with E-state index in [-0.39, 0.29) is 5.56 Å². The third kappa shape index (κ3) is 3.10. The Morgan fingerprint density at radius 1 is 1.41 bits per heavy atom. The fourth-order valence-corrected chi connectivity index (χ4v) is 4.00. The van der Waals surface area contributed by atoms with Gasteiger partial charge < -0.3 is 10.3 Å². The molecular weight excluding hydrogens is 252 g/mol. The predicted molar refractivity (Wildman–Crippen MR) is 76.6 cm³/mol. The number of hydrogen-bond acceptors (Lipinski definition) is 4. The summed E-state index contributed by atoms with van der Waals surface area (Å²) in [6.45, 7) is 5.37. The average Bonchev–Trinajstić information content (AvgIpc) is 2.80. The van der Waals surface area contributed by atoms with Gasteiger partial charge in [0.2, 0.25) is 0 Å². The van der Waals surface area contributed by atoms with Crippen LogP contribution in [0, 0.1) is 5.92 Å². The minimum absolute atomic E-state index is 0.0166. The van der Waals surface area contributed by atoms with Crippen molar-refractivity contribution >= 4 is 26.4 Å². The SMILES string of the molecule is CC(C)CCCCNc1c2sscc-2[nH]c1=O. The van der Waals surface area contributed by atoms with Crippen molar-refractivity contribution in [2.75, 3.05) is 11.9 Å². The van der Waals surface area contributed by atoms with Crippen molar-refractivity contribution < 1.29 is 0 Å². The lowest BCUT2D eigenvalue weighted by Gasteiger charge is -2.05. The Bertz CT molecular complexity index is 483. The Morgan fingerprint density at radius 2 is 2.24 bits per heavy atom. The van der Waals surface area contributed by atoms with E-state index in [2.05, 4.69) is 24.1 Å². The summed E-state index contributed by atoms with van der Waals surface area (Å²) in [6.07, 6.45) is 3.61. The van der Waals surface area contributed by atoms with E-state index in [1.807, 2.05) is 5.38 Å². The highest BCUT2D eigenvalue weighted by Crippen LogP contribution is 2.35. The predicted octanol–water partition coefficient (Wildman–Crippen LogP) is 3.84. The van der Waals surface area contributed by atoms with Gasteiger partial charge in [-0.05, 0) is 12.3 Å². The zero-order chi connectivity index (χ0) is 12.3. The van der Waals surface area contributed by atoms with Gasteiger partial charge in [0.25, 0.3) is 5.56 Å². The molecular formula is C12H18N2OS2. The maximum Gasteiger partial charge on any atom is 0.273 e. The normalized spacial score (nSPS) is 11.5. The number of aromatic amines is 1. The van der Waals surface area contributed by atoms with Crippen LogP contribution in [-0.2, 0) is 0 Å². The molecule has 0 radical (unpaired) electrons. The molecule has 2 aliphatic heterocycles. The number of unbranched alkanes of at least 4 members (excludes halogenated alkanes) is 1. The van der Waals surface area contributed by atoms with E-state index in [9.17, 15) is 4.79 Å². The molecule has 2 rings (SSSR count). The first kappa shape index (κ1) is 12.6. The monoisotopic (exact) mass is 270 g/mol. The summed E-state index contributed by atoms with van der Waals surface area (Å²) in [6, 6.07) is 0. The van der Waals surface area contributed by atoms with Gasteiger partial charge in [0.15, 0.2) is 0 Å². The van der Waals surface area contributed by atoms with E-state index in [0.717, 1.165) is 35.1 Å². The quantitative estimate of drug-likeness (QED) is 0.619. The molecule has 0 aromatic carbocycles. The summed E-state index contributed by atoms with van der Waals surface area (Å²) >= 11 is 0. The van der Waals surface area contributed by atoms with Crippen molar-refractivity contribution in [2.45, 2.75) is 33.1 Å². The number of rotatable bonds is 6. The van der Waals surface area contributed by atoms with Crippen LogP contribution in [0.2, 0.25) is 0 Å². The molecule has 0 atom stereocenters. The van der Waals surface area contributed by atoms with E-state index in [1.54, 1.807) is 20.7 Å². The summed E-state index contributed by atoms with van der Waals surface area (Å²) < 4.78 is 0. The van der Waals surface area contributed by atoms with Crippen molar-refractivity contribution in [3.05, 3.63) is 15.7 Å².